The molecule has 1 N–H and O–H groups in total. The number of anilines is 1. The molecule has 0 aliphatic carbocycles. The minimum Gasteiger partial charge on any atom is -0.487 e. The molecule has 11 heteroatoms. The van der Waals surface area contributed by atoms with Gasteiger partial charge in [-0.3, -0.25) is 4.79 Å². The number of hydrogen-bond acceptors (Lipinski definition) is 9. The van der Waals surface area contributed by atoms with Crippen molar-refractivity contribution in [3.05, 3.63) is 18.2 Å². The summed E-state index contributed by atoms with van der Waals surface area (Å²) in [6.07, 6.45) is 4.38. The monoisotopic (exact) mass is 547 g/mol. The Labute approximate surface area is 225 Å². The van der Waals surface area contributed by atoms with Crippen LogP contribution in [0.25, 0.3) is 0 Å². The molecule has 0 bridgehead atoms. The number of carbonyl (C=O) groups is 1. The highest BCUT2D eigenvalue weighted by atomic mass is 35.5. The Hall–Kier alpha value is -1.66. The lowest BCUT2D eigenvalue weighted by molar-refractivity contribution is -0.121. The molecule has 1 aromatic rings. The average Bonchev–Trinajstić information content (AvgIpc) is 2.91. The fraction of sp³-hybridized carbons (Fsp3) is 0.731. The van der Waals surface area contributed by atoms with Crippen LogP contribution in [0, 0.1) is 0 Å². The van der Waals surface area contributed by atoms with Gasteiger partial charge in [0.15, 0.2) is 11.5 Å². The van der Waals surface area contributed by atoms with Crippen molar-refractivity contribution < 1.29 is 42.7 Å². The van der Waals surface area contributed by atoms with Crippen molar-refractivity contribution in [2.75, 3.05) is 104 Å². The van der Waals surface area contributed by atoms with E-state index in [0.717, 1.165) is 38.2 Å². The van der Waals surface area contributed by atoms with Gasteiger partial charge in [-0.25, -0.2) is 0 Å². The van der Waals surface area contributed by atoms with E-state index in [0.29, 0.717) is 96.5 Å². The topological polar surface area (TPSA) is 103 Å². The van der Waals surface area contributed by atoms with Crippen LogP contribution in [-0.2, 0) is 33.2 Å². The van der Waals surface area contributed by atoms with Crippen LogP contribution in [0.15, 0.2) is 18.2 Å². The van der Waals surface area contributed by atoms with Crippen LogP contribution < -0.4 is 14.8 Å². The lowest BCUT2D eigenvalue weighted by Gasteiger charge is -2.15. The first-order chi connectivity index (χ1) is 18.3. The summed E-state index contributed by atoms with van der Waals surface area (Å²) in [7, 11) is 0. The summed E-state index contributed by atoms with van der Waals surface area (Å²) in [5, 5.41) is 2.81. The van der Waals surface area contributed by atoms with Gasteiger partial charge in [0.25, 0.3) is 0 Å². The van der Waals surface area contributed by atoms with E-state index in [1.807, 2.05) is 0 Å². The summed E-state index contributed by atoms with van der Waals surface area (Å²) >= 11 is 5.65. The van der Waals surface area contributed by atoms with E-state index in [9.17, 15) is 4.79 Å². The van der Waals surface area contributed by atoms with Crippen LogP contribution in [0.5, 0.6) is 11.5 Å². The maximum Gasteiger partial charge on any atom is 0.250 e. The van der Waals surface area contributed by atoms with Crippen molar-refractivity contribution in [1.82, 2.24) is 0 Å². The summed E-state index contributed by atoms with van der Waals surface area (Å²) in [6, 6.07) is 5.22. The second-order valence-corrected chi connectivity index (χ2v) is 8.50. The molecular formula is C26H42ClNO9. The summed E-state index contributed by atoms with van der Waals surface area (Å²) < 4.78 is 44.4. The van der Waals surface area contributed by atoms with Crippen LogP contribution in [0.4, 0.5) is 5.69 Å². The number of alkyl halides is 1. The molecule has 1 aliphatic heterocycles. The van der Waals surface area contributed by atoms with Crippen LogP contribution in [0.2, 0.25) is 0 Å². The van der Waals surface area contributed by atoms with Gasteiger partial charge in [0, 0.05) is 24.2 Å². The summed E-state index contributed by atoms with van der Waals surface area (Å²) in [6.45, 7) is 5.97. The molecule has 0 atom stereocenters. The van der Waals surface area contributed by atoms with Crippen LogP contribution in [0.3, 0.4) is 0 Å². The molecular weight excluding hydrogens is 506 g/mol. The highest BCUT2D eigenvalue weighted by molar-refractivity contribution is 6.17. The van der Waals surface area contributed by atoms with E-state index < -0.39 is 0 Å². The van der Waals surface area contributed by atoms with Gasteiger partial charge < -0.3 is 43.2 Å². The minimum absolute atomic E-state index is 0.0795. The molecule has 0 saturated heterocycles. The van der Waals surface area contributed by atoms with E-state index in [1.54, 1.807) is 18.2 Å². The fourth-order valence-electron chi connectivity index (χ4n) is 3.23. The van der Waals surface area contributed by atoms with E-state index in [2.05, 4.69) is 5.32 Å². The number of ether oxygens (including phenoxy) is 8. The molecule has 0 radical (unpaired) electrons. The second kappa shape index (κ2) is 22.3. The predicted octanol–water partition coefficient (Wildman–Crippen LogP) is 3.30. The molecule has 212 valence electrons. The predicted molar refractivity (Wildman–Crippen MR) is 140 cm³/mol. The molecule has 0 aromatic heterocycles. The van der Waals surface area contributed by atoms with Crippen LogP contribution >= 0.6 is 11.6 Å². The molecule has 0 spiro atoms. The molecule has 37 heavy (non-hydrogen) atoms. The van der Waals surface area contributed by atoms with Crippen molar-refractivity contribution in [3.63, 3.8) is 0 Å². The molecule has 0 unspecified atom stereocenters. The number of nitrogens with one attached hydrogen (secondary N) is 1. The fourth-order valence-corrected chi connectivity index (χ4v) is 3.42. The summed E-state index contributed by atoms with van der Waals surface area (Å²) in [5.41, 5.74) is 0.579. The Morgan fingerprint density at radius 3 is 1.95 bits per heavy atom. The van der Waals surface area contributed by atoms with Crippen molar-refractivity contribution in [1.29, 1.82) is 0 Å². The van der Waals surface area contributed by atoms with E-state index in [1.165, 1.54) is 0 Å². The molecule has 1 aliphatic rings. The van der Waals surface area contributed by atoms with Gasteiger partial charge in [-0.05, 0) is 25.0 Å². The first kappa shape index (κ1) is 31.6. The number of rotatable bonds is 15. The highest BCUT2D eigenvalue weighted by Gasteiger charge is 2.10. The SMILES string of the molecule is O=C(COCCOCCOCCCCCCCl)Nc1ccc2c(c1)OCCOCCOCCOCCO2. The van der Waals surface area contributed by atoms with E-state index >= 15 is 0 Å². The Morgan fingerprint density at radius 1 is 0.703 bits per heavy atom. The lowest BCUT2D eigenvalue weighted by atomic mass is 10.2. The number of carbonyl (C=O) groups excluding carboxylic acids is 1. The molecule has 10 nitrogen and oxygen atoms in total. The number of amides is 1. The van der Waals surface area contributed by atoms with Gasteiger partial charge in [-0.1, -0.05) is 12.8 Å². The van der Waals surface area contributed by atoms with Crippen molar-refractivity contribution in [2.45, 2.75) is 25.7 Å². The Balaban J connectivity index is 1.61. The smallest absolute Gasteiger partial charge is 0.250 e. The molecule has 0 saturated carbocycles. The van der Waals surface area contributed by atoms with Gasteiger partial charge in [-0.15, -0.1) is 11.6 Å². The van der Waals surface area contributed by atoms with Gasteiger partial charge in [0.1, 0.15) is 19.8 Å². The Kier molecular flexibility index (Phi) is 19.0. The second-order valence-electron chi connectivity index (χ2n) is 8.12. The number of fused-ring (bicyclic) bond motifs is 1. The molecule has 2 rings (SSSR count). The first-order valence-corrected chi connectivity index (χ1v) is 13.5. The number of unbranched alkanes of at least 4 members (excludes halogenated alkanes) is 3. The molecule has 1 aromatic carbocycles. The zero-order valence-electron chi connectivity index (χ0n) is 21.7. The average molecular weight is 548 g/mol. The normalized spacial score (nSPS) is 15.5. The Bertz CT molecular complexity index is 711. The minimum atomic E-state index is -0.271. The number of benzene rings is 1. The summed E-state index contributed by atoms with van der Waals surface area (Å²) in [4.78, 5) is 12.3. The van der Waals surface area contributed by atoms with Crippen LogP contribution in [-0.4, -0.2) is 104 Å². The summed E-state index contributed by atoms with van der Waals surface area (Å²) in [5.74, 6) is 1.53. The third-order valence-corrected chi connectivity index (χ3v) is 5.36. The third-order valence-electron chi connectivity index (χ3n) is 5.09. The van der Waals surface area contributed by atoms with Gasteiger partial charge in [-0.2, -0.15) is 0 Å². The van der Waals surface area contributed by atoms with E-state index in [4.69, 9.17) is 49.5 Å². The zero-order valence-corrected chi connectivity index (χ0v) is 22.5. The number of hydrogen-bond donors (Lipinski definition) is 1. The molecule has 0 fully saturated rings. The molecule has 1 amide bonds. The van der Waals surface area contributed by atoms with E-state index in [-0.39, 0.29) is 12.5 Å². The third kappa shape index (κ3) is 16.7. The number of halogens is 1. The largest absolute Gasteiger partial charge is 0.487 e. The van der Waals surface area contributed by atoms with Gasteiger partial charge >= 0.3 is 0 Å². The van der Waals surface area contributed by atoms with Crippen LogP contribution in [0.1, 0.15) is 25.7 Å². The van der Waals surface area contributed by atoms with Crippen molar-refractivity contribution >= 4 is 23.2 Å². The maximum absolute atomic E-state index is 12.3. The maximum atomic E-state index is 12.3. The first-order valence-electron chi connectivity index (χ1n) is 13.0. The van der Waals surface area contributed by atoms with Crippen molar-refractivity contribution in [3.8, 4) is 11.5 Å². The highest BCUT2D eigenvalue weighted by Crippen LogP contribution is 2.30. The van der Waals surface area contributed by atoms with Gasteiger partial charge in [0.05, 0.1) is 66.1 Å². The zero-order chi connectivity index (χ0) is 26.2. The van der Waals surface area contributed by atoms with Gasteiger partial charge in [0.2, 0.25) is 5.91 Å². The Morgan fingerprint density at radius 2 is 1.27 bits per heavy atom. The van der Waals surface area contributed by atoms with Crippen molar-refractivity contribution in [2.24, 2.45) is 0 Å². The quantitative estimate of drug-likeness (QED) is 0.262. The standard InChI is InChI=1S/C26H42ClNO9/c27-7-3-1-2-4-8-30-9-10-32-15-16-35-22-26(29)28-23-5-6-24-25(21-23)37-20-18-34-14-12-31-11-13-33-17-19-36-24/h5-6,21H,1-4,7-20,22H2,(H,28,29). The lowest BCUT2D eigenvalue weighted by Crippen LogP contribution is -2.20. The molecule has 1 heterocycles.